The monoisotopic (exact) mass is 291 g/mol. The van der Waals surface area contributed by atoms with Gasteiger partial charge in [0.2, 0.25) is 5.88 Å². The molecule has 0 radical (unpaired) electrons. The van der Waals surface area contributed by atoms with Crippen molar-refractivity contribution in [2.24, 2.45) is 5.92 Å². The van der Waals surface area contributed by atoms with Crippen LogP contribution in [0.2, 0.25) is 0 Å². The van der Waals surface area contributed by atoms with Crippen molar-refractivity contribution in [1.82, 2.24) is 15.2 Å². The van der Waals surface area contributed by atoms with Crippen LogP contribution in [-0.4, -0.2) is 43.7 Å². The van der Waals surface area contributed by atoms with E-state index in [4.69, 9.17) is 9.72 Å². The number of hydrogen-bond acceptors (Lipinski definition) is 4. The number of nitrogens with zero attached hydrogens (tertiary/aromatic N) is 2. The molecule has 0 aliphatic carbocycles. The smallest absolute Gasteiger partial charge is 0.213 e. The average Bonchev–Trinajstić information content (AvgIpc) is 2.69. The van der Waals surface area contributed by atoms with E-state index in [2.05, 4.69) is 36.3 Å². The Kier molecular flexibility index (Phi) is 6.46. The fourth-order valence-corrected chi connectivity index (χ4v) is 3.28. The third-order valence-electron chi connectivity index (χ3n) is 4.35. The molecule has 1 saturated heterocycles. The van der Waals surface area contributed by atoms with Gasteiger partial charge in [-0.25, -0.2) is 4.98 Å². The summed E-state index contributed by atoms with van der Waals surface area (Å²) in [5.41, 5.74) is 1.14. The summed E-state index contributed by atoms with van der Waals surface area (Å²) in [6.07, 6.45) is 5.04. The molecule has 0 aromatic carbocycles. The van der Waals surface area contributed by atoms with Gasteiger partial charge in [-0.15, -0.1) is 0 Å². The van der Waals surface area contributed by atoms with Crippen molar-refractivity contribution in [3.8, 4) is 5.88 Å². The summed E-state index contributed by atoms with van der Waals surface area (Å²) in [6, 6.07) is 6.50. The van der Waals surface area contributed by atoms with Crippen LogP contribution >= 0.6 is 0 Å². The average molecular weight is 291 g/mol. The van der Waals surface area contributed by atoms with E-state index < -0.39 is 0 Å². The Morgan fingerprint density at radius 3 is 3.00 bits per heavy atom. The summed E-state index contributed by atoms with van der Waals surface area (Å²) in [7, 11) is 3.91. The van der Waals surface area contributed by atoms with Crippen molar-refractivity contribution in [2.45, 2.75) is 38.6 Å². The second-order valence-electron chi connectivity index (χ2n) is 5.99. The van der Waals surface area contributed by atoms with E-state index in [-0.39, 0.29) is 0 Å². The van der Waals surface area contributed by atoms with Crippen LogP contribution < -0.4 is 10.1 Å². The third-order valence-corrected chi connectivity index (χ3v) is 4.35. The fraction of sp³-hybridized carbons (Fsp3) is 0.706. The highest BCUT2D eigenvalue weighted by Gasteiger charge is 2.29. The Morgan fingerprint density at radius 1 is 1.38 bits per heavy atom. The molecule has 0 bridgehead atoms. The van der Waals surface area contributed by atoms with Gasteiger partial charge in [0, 0.05) is 6.07 Å². The van der Waals surface area contributed by atoms with Crippen LogP contribution in [0.5, 0.6) is 5.88 Å². The quantitative estimate of drug-likeness (QED) is 0.818. The van der Waals surface area contributed by atoms with Gasteiger partial charge in [0.05, 0.1) is 18.8 Å². The second-order valence-corrected chi connectivity index (χ2v) is 5.99. The molecule has 2 rings (SSSR count). The normalized spacial score (nSPS) is 23.8. The van der Waals surface area contributed by atoms with Crippen LogP contribution in [0.1, 0.15) is 44.3 Å². The maximum atomic E-state index is 5.30. The number of pyridine rings is 1. The lowest BCUT2D eigenvalue weighted by atomic mass is 9.92. The van der Waals surface area contributed by atoms with Crippen LogP contribution in [0.15, 0.2) is 18.2 Å². The van der Waals surface area contributed by atoms with Gasteiger partial charge in [0.1, 0.15) is 0 Å². The molecule has 2 heterocycles. The number of hydrogen-bond donors (Lipinski definition) is 1. The number of likely N-dealkylation sites (tertiary alicyclic amines) is 1. The molecule has 0 saturated carbocycles. The number of rotatable bonds is 6. The van der Waals surface area contributed by atoms with Gasteiger partial charge < -0.3 is 10.1 Å². The first-order valence-corrected chi connectivity index (χ1v) is 8.18. The first kappa shape index (κ1) is 16.2. The molecule has 1 aliphatic heterocycles. The van der Waals surface area contributed by atoms with Gasteiger partial charge in [0.25, 0.3) is 0 Å². The summed E-state index contributed by atoms with van der Waals surface area (Å²) in [4.78, 5) is 7.16. The molecule has 0 spiro atoms. The summed E-state index contributed by atoms with van der Waals surface area (Å²) < 4.78 is 5.30. The van der Waals surface area contributed by atoms with E-state index in [0.29, 0.717) is 17.8 Å². The van der Waals surface area contributed by atoms with Crippen molar-refractivity contribution in [2.75, 3.05) is 33.8 Å². The van der Waals surface area contributed by atoms with E-state index in [1.807, 2.05) is 6.07 Å². The lowest BCUT2D eigenvalue weighted by molar-refractivity contribution is 0.184. The molecule has 1 fully saturated rings. The minimum atomic E-state index is 0.381. The predicted octanol–water partition coefficient (Wildman–Crippen LogP) is 2.86. The fourth-order valence-electron chi connectivity index (χ4n) is 3.28. The molecule has 1 aromatic rings. The lowest BCUT2D eigenvalue weighted by Gasteiger charge is -2.32. The molecule has 1 N–H and O–H groups in total. The molecule has 2 atom stereocenters. The SMILES string of the molecule is CCCNCC1CCCCN(C)C1c1cccc(OC)n1. The van der Waals surface area contributed by atoms with Gasteiger partial charge in [-0.05, 0) is 57.9 Å². The maximum Gasteiger partial charge on any atom is 0.213 e. The number of nitrogens with one attached hydrogen (secondary N) is 1. The van der Waals surface area contributed by atoms with Crippen LogP contribution in [0, 0.1) is 5.92 Å². The van der Waals surface area contributed by atoms with Crippen LogP contribution in [-0.2, 0) is 0 Å². The predicted molar refractivity (Wildman–Crippen MR) is 86.7 cm³/mol. The zero-order valence-electron chi connectivity index (χ0n) is 13.6. The summed E-state index contributed by atoms with van der Waals surface area (Å²) in [6.45, 7) is 5.53. The van der Waals surface area contributed by atoms with E-state index in [1.165, 1.54) is 25.7 Å². The van der Waals surface area contributed by atoms with Gasteiger partial charge in [-0.3, -0.25) is 4.90 Å². The van der Waals surface area contributed by atoms with E-state index in [1.54, 1.807) is 7.11 Å². The first-order chi connectivity index (χ1) is 10.3. The zero-order chi connectivity index (χ0) is 15.1. The summed E-state index contributed by atoms with van der Waals surface area (Å²) in [5.74, 6) is 1.33. The molecule has 1 aliphatic rings. The molecule has 0 amide bonds. The van der Waals surface area contributed by atoms with E-state index in [0.717, 1.165) is 25.3 Å². The summed E-state index contributed by atoms with van der Waals surface area (Å²) >= 11 is 0. The Balaban J connectivity index is 2.18. The van der Waals surface area contributed by atoms with E-state index >= 15 is 0 Å². The van der Waals surface area contributed by atoms with Crippen molar-refractivity contribution in [1.29, 1.82) is 0 Å². The topological polar surface area (TPSA) is 37.4 Å². The van der Waals surface area contributed by atoms with Crippen LogP contribution in [0.4, 0.5) is 0 Å². The Morgan fingerprint density at radius 2 is 2.24 bits per heavy atom. The molecule has 21 heavy (non-hydrogen) atoms. The molecule has 118 valence electrons. The number of methoxy groups -OCH3 is 1. The highest BCUT2D eigenvalue weighted by atomic mass is 16.5. The van der Waals surface area contributed by atoms with Gasteiger partial charge in [-0.2, -0.15) is 0 Å². The van der Waals surface area contributed by atoms with E-state index in [9.17, 15) is 0 Å². The molecule has 4 nitrogen and oxygen atoms in total. The largest absolute Gasteiger partial charge is 0.481 e. The number of aromatic nitrogens is 1. The molecule has 2 unspecified atom stereocenters. The maximum absolute atomic E-state index is 5.30. The van der Waals surface area contributed by atoms with Gasteiger partial charge >= 0.3 is 0 Å². The second kappa shape index (κ2) is 8.35. The van der Waals surface area contributed by atoms with Crippen molar-refractivity contribution in [3.63, 3.8) is 0 Å². The standard InChI is InChI=1S/C17H29N3O/c1-4-11-18-13-14-8-5-6-12-20(2)17(14)15-9-7-10-16(19-15)21-3/h7,9-10,14,17-18H,4-6,8,11-13H2,1-3H3. The van der Waals surface area contributed by atoms with Gasteiger partial charge in [-0.1, -0.05) is 19.4 Å². The van der Waals surface area contributed by atoms with Crippen LogP contribution in [0.3, 0.4) is 0 Å². The molecule has 4 heteroatoms. The minimum Gasteiger partial charge on any atom is -0.481 e. The zero-order valence-corrected chi connectivity index (χ0v) is 13.6. The molecular weight excluding hydrogens is 262 g/mol. The third kappa shape index (κ3) is 4.42. The number of ether oxygens (including phenoxy) is 1. The Bertz CT molecular complexity index is 424. The highest BCUT2D eigenvalue weighted by molar-refractivity contribution is 5.19. The minimum absolute atomic E-state index is 0.381. The highest BCUT2D eigenvalue weighted by Crippen LogP contribution is 2.33. The lowest BCUT2D eigenvalue weighted by Crippen LogP contribution is -2.35. The van der Waals surface area contributed by atoms with Crippen molar-refractivity contribution < 1.29 is 4.74 Å². The Labute approximate surface area is 128 Å². The summed E-state index contributed by atoms with van der Waals surface area (Å²) in [5, 5.41) is 3.60. The molecule has 1 aromatic heterocycles. The van der Waals surface area contributed by atoms with Gasteiger partial charge in [0.15, 0.2) is 0 Å². The molecular formula is C17H29N3O. The van der Waals surface area contributed by atoms with Crippen molar-refractivity contribution >= 4 is 0 Å². The van der Waals surface area contributed by atoms with Crippen LogP contribution in [0.25, 0.3) is 0 Å². The first-order valence-electron chi connectivity index (χ1n) is 8.18. The Hall–Kier alpha value is -1.13. The van der Waals surface area contributed by atoms with Crippen molar-refractivity contribution in [3.05, 3.63) is 23.9 Å².